The lowest BCUT2D eigenvalue weighted by Crippen LogP contribution is -2.34. The third kappa shape index (κ3) is 2.57. The molecule has 1 aliphatic rings. The smallest absolute Gasteiger partial charge is 0.365 e. The number of amides is 1. The lowest BCUT2D eigenvalue weighted by Gasteiger charge is -2.22. The quantitative estimate of drug-likeness (QED) is 0.884. The Hall–Kier alpha value is -1.72. The molecule has 1 aromatic carbocycles. The van der Waals surface area contributed by atoms with Crippen molar-refractivity contribution in [3.63, 3.8) is 0 Å². The van der Waals surface area contributed by atoms with E-state index in [9.17, 15) is 18.0 Å². The van der Waals surface area contributed by atoms with Crippen LogP contribution in [0.15, 0.2) is 24.3 Å². The van der Waals surface area contributed by atoms with Crippen molar-refractivity contribution in [2.24, 2.45) is 0 Å². The number of nitrogens with one attached hydrogen (secondary N) is 1. The van der Waals surface area contributed by atoms with Crippen LogP contribution in [0.5, 0.6) is 0 Å². The molecule has 2 rings (SSSR count). The molecule has 0 bridgehead atoms. The number of carbonyl (C=O) groups excluding carboxylic acids is 1. The summed E-state index contributed by atoms with van der Waals surface area (Å²) in [7, 11) is 1.68. The number of rotatable bonds is 2. The van der Waals surface area contributed by atoms with Gasteiger partial charge >= 0.3 is 6.18 Å². The molecule has 0 spiro atoms. The zero-order valence-corrected chi connectivity index (χ0v) is 9.79. The van der Waals surface area contributed by atoms with E-state index >= 15 is 0 Å². The Morgan fingerprint density at radius 3 is 2.33 bits per heavy atom. The maximum Gasteiger partial charge on any atom is 0.416 e. The summed E-state index contributed by atoms with van der Waals surface area (Å²) >= 11 is 0. The molecule has 3 nitrogen and oxygen atoms in total. The van der Waals surface area contributed by atoms with E-state index in [1.165, 1.54) is 12.1 Å². The average Bonchev–Trinajstić information content (AvgIpc) is 2.61. The number of alkyl halides is 3. The second kappa shape index (κ2) is 4.51. The van der Waals surface area contributed by atoms with E-state index in [4.69, 9.17) is 0 Å². The molecule has 1 fully saturated rings. The van der Waals surface area contributed by atoms with Crippen LogP contribution >= 0.6 is 0 Å². The van der Waals surface area contributed by atoms with Gasteiger partial charge in [-0.05, 0) is 30.7 Å². The van der Waals surface area contributed by atoms with Crippen LogP contribution in [0.25, 0.3) is 0 Å². The van der Waals surface area contributed by atoms with Crippen molar-refractivity contribution in [2.45, 2.75) is 25.2 Å². The van der Waals surface area contributed by atoms with Crippen LogP contribution in [0.1, 0.15) is 18.4 Å². The predicted octanol–water partition coefficient (Wildman–Crippen LogP) is 2.70. The molecule has 98 valence electrons. The first-order chi connectivity index (χ1) is 8.38. The molecular weight excluding hydrogens is 245 g/mol. The summed E-state index contributed by atoms with van der Waals surface area (Å²) in [6.07, 6.45) is -3.33. The summed E-state index contributed by atoms with van der Waals surface area (Å²) < 4.78 is 37.1. The largest absolute Gasteiger partial charge is 0.416 e. The average molecular weight is 258 g/mol. The summed E-state index contributed by atoms with van der Waals surface area (Å²) in [5.74, 6) is 0.0411. The number of anilines is 1. The summed E-state index contributed by atoms with van der Waals surface area (Å²) in [6, 6.07) is 4.80. The van der Waals surface area contributed by atoms with Gasteiger partial charge in [0.1, 0.15) is 6.17 Å². The molecule has 1 amide bonds. The van der Waals surface area contributed by atoms with Gasteiger partial charge < -0.3 is 10.2 Å². The minimum Gasteiger partial charge on any atom is -0.365 e. The Morgan fingerprint density at radius 1 is 1.28 bits per heavy atom. The van der Waals surface area contributed by atoms with Crippen molar-refractivity contribution in [1.29, 1.82) is 0 Å². The third-order valence-electron chi connectivity index (χ3n) is 3.04. The lowest BCUT2D eigenvalue weighted by atomic mass is 10.2. The van der Waals surface area contributed by atoms with Crippen LogP contribution < -0.4 is 5.32 Å². The van der Waals surface area contributed by atoms with Crippen LogP contribution in [-0.2, 0) is 11.0 Å². The fourth-order valence-corrected chi connectivity index (χ4v) is 1.92. The van der Waals surface area contributed by atoms with E-state index in [1.54, 1.807) is 11.9 Å². The Kier molecular flexibility index (Phi) is 3.19. The molecule has 0 saturated carbocycles. The van der Waals surface area contributed by atoms with Crippen molar-refractivity contribution in [1.82, 2.24) is 4.90 Å². The van der Waals surface area contributed by atoms with Crippen LogP contribution in [-0.4, -0.2) is 24.0 Å². The normalized spacial score (nSPS) is 20.3. The summed E-state index contributed by atoms with van der Waals surface area (Å²) in [6.45, 7) is 0. The molecular formula is C12H13F3N2O. The molecule has 1 N–H and O–H groups in total. The van der Waals surface area contributed by atoms with E-state index in [0.29, 0.717) is 18.5 Å². The molecule has 18 heavy (non-hydrogen) atoms. The highest BCUT2D eigenvalue weighted by atomic mass is 19.4. The van der Waals surface area contributed by atoms with Crippen molar-refractivity contribution >= 4 is 11.6 Å². The van der Waals surface area contributed by atoms with Crippen LogP contribution in [0.2, 0.25) is 0 Å². The van der Waals surface area contributed by atoms with Crippen LogP contribution in [0.3, 0.4) is 0 Å². The minimum atomic E-state index is -4.32. The van der Waals surface area contributed by atoms with Crippen molar-refractivity contribution in [2.75, 3.05) is 12.4 Å². The van der Waals surface area contributed by atoms with Gasteiger partial charge in [-0.25, -0.2) is 0 Å². The lowest BCUT2D eigenvalue weighted by molar-refractivity contribution is -0.137. The van der Waals surface area contributed by atoms with Gasteiger partial charge in [0.05, 0.1) is 5.56 Å². The maximum absolute atomic E-state index is 12.4. The molecule has 0 aromatic heterocycles. The van der Waals surface area contributed by atoms with E-state index in [-0.39, 0.29) is 12.1 Å². The predicted molar refractivity (Wildman–Crippen MR) is 60.9 cm³/mol. The molecule has 0 aliphatic carbocycles. The van der Waals surface area contributed by atoms with E-state index in [1.807, 2.05) is 0 Å². The minimum absolute atomic E-state index is 0.0411. The fraction of sp³-hybridized carbons (Fsp3) is 0.417. The van der Waals surface area contributed by atoms with Gasteiger partial charge in [-0.1, -0.05) is 0 Å². The zero-order chi connectivity index (χ0) is 13.3. The molecule has 1 atom stereocenters. The van der Waals surface area contributed by atoms with Gasteiger partial charge in [-0.2, -0.15) is 13.2 Å². The second-order valence-electron chi connectivity index (χ2n) is 4.28. The first-order valence-corrected chi connectivity index (χ1v) is 5.57. The fourth-order valence-electron chi connectivity index (χ4n) is 1.92. The number of hydrogen-bond acceptors (Lipinski definition) is 2. The van der Waals surface area contributed by atoms with Gasteiger partial charge in [0.15, 0.2) is 0 Å². The Morgan fingerprint density at radius 2 is 1.89 bits per heavy atom. The Bertz CT molecular complexity index is 442. The molecule has 1 aromatic rings. The standard InChI is InChI=1S/C12H13F3N2O/c1-17-10(6-7-11(17)18)16-9-4-2-8(3-5-9)12(13,14)15/h2-5,10,16H,6-7H2,1H3. The van der Waals surface area contributed by atoms with E-state index in [2.05, 4.69) is 5.32 Å². The highest BCUT2D eigenvalue weighted by Crippen LogP contribution is 2.30. The van der Waals surface area contributed by atoms with Crippen molar-refractivity contribution in [3.05, 3.63) is 29.8 Å². The topological polar surface area (TPSA) is 32.3 Å². The molecule has 1 unspecified atom stereocenters. The number of likely N-dealkylation sites (tertiary alicyclic amines) is 1. The molecule has 1 aliphatic heterocycles. The van der Waals surface area contributed by atoms with Crippen molar-refractivity contribution < 1.29 is 18.0 Å². The van der Waals surface area contributed by atoms with Crippen LogP contribution in [0, 0.1) is 0 Å². The van der Waals surface area contributed by atoms with Gasteiger partial charge in [-0.3, -0.25) is 4.79 Å². The summed E-state index contributed by atoms with van der Waals surface area (Å²) in [5.41, 5.74) is -0.0987. The van der Waals surface area contributed by atoms with Crippen LogP contribution in [0.4, 0.5) is 18.9 Å². The van der Waals surface area contributed by atoms with Gasteiger partial charge in [-0.15, -0.1) is 0 Å². The Labute approximate surface area is 103 Å². The van der Waals surface area contributed by atoms with Gasteiger partial charge in [0.25, 0.3) is 0 Å². The molecule has 0 radical (unpaired) electrons. The number of carbonyl (C=O) groups is 1. The summed E-state index contributed by atoms with van der Waals surface area (Å²) in [5, 5.41) is 3.04. The number of nitrogens with zero attached hydrogens (tertiary/aromatic N) is 1. The third-order valence-corrected chi connectivity index (χ3v) is 3.04. The zero-order valence-electron chi connectivity index (χ0n) is 9.79. The highest BCUT2D eigenvalue weighted by Gasteiger charge is 2.30. The van der Waals surface area contributed by atoms with E-state index in [0.717, 1.165) is 12.1 Å². The number of benzene rings is 1. The molecule has 6 heteroatoms. The second-order valence-corrected chi connectivity index (χ2v) is 4.28. The van der Waals surface area contributed by atoms with E-state index < -0.39 is 11.7 Å². The molecule has 1 heterocycles. The number of halogens is 3. The first-order valence-electron chi connectivity index (χ1n) is 5.57. The van der Waals surface area contributed by atoms with Crippen molar-refractivity contribution in [3.8, 4) is 0 Å². The monoisotopic (exact) mass is 258 g/mol. The Balaban J connectivity index is 2.05. The summed E-state index contributed by atoms with van der Waals surface area (Å²) in [4.78, 5) is 12.9. The van der Waals surface area contributed by atoms with Gasteiger partial charge in [0, 0.05) is 19.2 Å². The first kappa shape index (κ1) is 12.7. The maximum atomic E-state index is 12.4. The highest BCUT2D eigenvalue weighted by molar-refractivity contribution is 5.79. The number of hydrogen-bond donors (Lipinski definition) is 1. The molecule has 1 saturated heterocycles. The van der Waals surface area contributed by atoms with Gasteiger partial charge in [0.2, 0.25) is 5.91 Å². The SMILES string of the molecule is CN1C(=O)CCC1Nc1ccc(C(F)(F)F)cc1.